The second-order valence-corrected chi connectivity index (χ2v) is 4.17. The quantitative estimate of drug-likeness (QED) is 0.338. The minimum atomic E-state index is -0.751. The van der Waals surface area contributed by atoms with E-state index in [1.807, 2.05) is 26.0 Å². The van der Waals surface area contributed by atoms with Gasteiger partial charge in [-0.2, -0.15) is 12.1 Å². The molecule has 0 amide bonds. The molecule has 18 heavy (non-hydrogen) atoms. The van der Waals surface area contributed by atoms with Crippen molar-refractivity contribution in [1.82, 2.24) is 14.8 Å². The van der Waals surface area contributed by atoms with Crippen molar-refractivity contribution in [3.63, 3.8) is 0 Å². The van der Waals surface area contributed by atoms with E-state index in [1.54, 1.807) is 12.3 Å². The smallest absolute Gasteiger partial charge is 0.537 e. The Morgan fingerprint density at radius 3 is 2.61 bits per heavy atom. The zero-order chi connectivity index (χ0) is 12.8. The van der Waals surface area contributed by atoms with Crippen LogP contribution in [0.25, 0.3) is 0 Å². The Kier molecular flexibility index (Phi) is 8.24. The summed E-state index contributed by atoms with van der Waals surface area (Å²) in [4.78, 5) is 7.94. The van der Waals surface area contributed by atoms with E-state index in [1.165, 1.54) is 7.11 Å². The van der Waals surface area contributed by atoms with Crippen molar-refractivity contribution >= 4 is 0 Å². The molecule has 6 heteroatoms. The summed E-state index contributed by atoms with van der Waals surface area (Å²) in [5.74, 6) is 0.414. The molecule has 5 nitrogen and oxygen atoms in total. The number of methoxy groups -OCH3 is 1. The molecule has 1 atom stereocenters. The second kappa shape index (κ2) is 8.52. The molecule has 1 heterocycles. The van der Waals surface area contributed by atoms with E-state index in [4.69, 9.17) is 4.74 Å². The minimum absolute atomic E-state index is 0. The van der Waals surface area contributed by atoms with Crippen molar-refractivity contribution in [2.75, 3.05) is 41.3 Å². The molecule has 1 aromatic rings. The fraction of sp³-hybridized carbons (Fsp3) is 0.583. The Morgan fingerprint density at radius 2 is 2.06 bits per heavy atom. The van der Waals surface area contributed by atoms with Gasteiger partial charge in [0.15, 0.2) is 0 Å². The summed E-state index contributed by atoms with van der Waals surface area (Å²) in [5, 5.41) is 10.2. The van der Waals surface area contributed by atoms with Gasteiger partial charge in [0.1, 0.15) is 12.1 Å². The maximum Gasteiger partial charge on any atom is 1.00 e. The van der Waals surface area contributed by atoms with Crippen molar-refractivity contribution in [1.29, 1.82) is 0 Å². The number of likely N-dealkylation sites (N-methyl/N-ethyl adjacent to an activating group) is 2. The van der Waals surface area contributed by atoms with E-state index >= 15 is 0 Å². The summed E-state index contributed by atoms with van der Waals surface area (Å²) in [6.45, 7) is 1.62. The number of aliphatic hydroxyl groups is 1. The fourth-order valence-corrected chi connectivity index (χ4v) is 1.41. The third kappa shape index (κ3) is 4.97. The SMILES string of the molecule is COc1ncc[c-]c1C(O)N(C)CCN(C)C.[Li+]. The van der Waals surface area contributed by atoms with Gasteiger partial charge in [-0.1, -0.05) is 11.8 Å². The molecule has 1 rings (SSSR count). The predicted octanol–water partition coefficient (Wildman–Crippen LogP) is -2.62. The molecule has 0 bridgehead atoms. The van der Waals surface area contributed by atoms with Crippen LogP contribution < -0.4 is 23.6 Å². The van der Waals surface area contributed by atoms with Crippen LogP contribution in [0.4, 0.5) is 0 Å². The summed E-state index contributed by atoms with van der Waals surface area (Å²) >= 11 is 0. The van der Waals surface area contributed by atoms with Crippen LogP contribution in [0.2, 0.25) is 0 Å². The molecule has 1 unspecified atom stereocenters. The van der Waals surface area contributed by atoms with Crippen LogP contribution in [0, 0.1) is 6.07 Å². The van der Waals surface area contributed by atoms with Crippen molar-refractivity contribution in [3.8, 4) is 5.88 Å². The number of hydrogen-bond acceptors (Lipinski definition) is 5. The van der Waals surface area contributed by atoms with E-state index in [0.717, 1.165) is 13.1 Å². The molecular weight excluding hydrogens is 225 g/mol. The minimum Gasteiger partial charge on any atom is -0.537 e. The molecule has 0 fully saturated rings. The van der Waals surface area contributed by atoms with Crippen LogP contribution in [-0.2, 0) is 0 Å². The van der Waals surface area contributed by atoms with Gasteiger partial charge in [0.2, 0.25) is 0 Å². The van der Waals surface area contributed by atoms with Gasteiger partial charge in [-0.25, -0.2) is 0 Å². The van der Waals surface area contributed by atoms with Crippen LogP contribution >= 0.6 is 0 Å². The van der Waals surface area contributed by atoms with Crippen molar-refractivity contribution in [3.05, 3.63) is 23.9 Å². The zero-order valence-corrected chi connectivity index (χ0v) is 11.8. The van der Waals surface area contributed by atoms with Gasteiger partial charge in [0.05, 0.1) is 7.11 Å². The van der Waals surface area contributed by atoms with Crippen LogP contribution in [0.5, 0.6) is 5.88 Å². The van der Waals surface area contributed by atoms with E-state index in [2.05, 4.69) is 16.0 Å². The van der Waals surface area contributed by atoms with E-state index in [0.29, 0.717) is 11.4 Å². The molecular formula is C12H20LiN3O2. The van der Waals surface area contributed by atoms with Gasteiger partial charge in [-0.15, -0.1) is 0 Å². The first-order chi connectivity index (χ1) is 8.06. The Balaban J connectivity index is 0.00000289. The number of aliphatic hydroxyl groups excluding tert-OH is 1. The molecule has 0 saturated heterocycles. The normalized spacial score (nSPS) is 12.4. The van der Waals surface area contributed by atoms with Crippen molar-refractivity contribution in [2.24, 2.45) is 0 Å². The van der Waals surface area contributed by atoms with Crippen LogP contribution in [0.3, 0.4) is 0 Å². The maximum atomic E-state index is 10.2. The standard InChI is InChI=1S/C12H20N3O2.Li/c1-14(2)8-9-15(3)12(16)10-6-5-7-13-11(10)17-4;/h5,7,12,16H,8-9H2,1-4H3;/q-1;+1. The molecule has 1 N–H and O–H groups in total. The van der Waals surface area contributed by atoms with Crippen LogP contribution in [0.1, 0.15) is 11.8 Å². The van der Waals surface area contributed by atoms with Gasteiger partial charge < -0.3 is 19.7 Å². The van der Waals surface area contributed by atoms with E-state index in [9.17, 15) is 5.11 Å². The summed E-state index contributed by atoms with van der Waals surface area (Å²) in [6.07, 6.45) is 0.841. The monoisotopic (exact) mass is 245 g/mol. The first kappa shape index (κ1) is 17.4. The van der Waals surface area contributed by atoms with Gasteiger partial charge in [0.25, 0.3) is 0 Å². The molecule has 0 spiro atoms. The summed E-state index contributed by atoms with van der Waals surface area (Å²) in [5.41, 5.74) is 0.566. The number of nitrogens with zero attached hydrogens (tertiary/aromatic N) is 3. The molecule has 96 valence electrons. The third-order valence-corrected chi connectivity index (χ3v) is 2.50. The van der Waals surface area contributed by atoms with Gasteiger partial charge in [0, 0.05) is 13.1 Å². The molecule has 0 aliphatic rings. The number of aromatic nitrogens is 1. The van der Waals surface area contributed by atoms with Gasteiger partial charge in [-0.3, -0.25) is 4.90 Å². The Hall–Kier alpha value is -0.573. The van der Waals surface area contributed by atoms with E-state index in [-0.39, 0.29) is 18.9 Å². The number of rotatable bonds is 6. The molecule has 0 aliphatic heterocycles. The maximum absolute atomic E-state index is 10.2. The van der Waals surface area contributed by atoms with Crippen molar-refractivity contribution < 1.29 is 28.7 Å². The Bertz CT molecular complexity index is 350. The second-order valence-electron chi connectivity index (χ2n) is 4.17. The van der Waals surface area contributed by atoms with E-state index < -0.39 is 6.23 Å². The average Bonchev–Trinajstić information content (AvgIpc) is 2.34. The Labute approximate surface area is 121 Å². The first-order valence-corrected chi connectivity index (χ1v) is 5.50. The molecule has 0 aliphatic carbocycles. The summed E-state index contributed by atoms with van der Waals surface area (Å²) in [6, 6.07) is 4.63. The third-order valence-electron chi connectivity index (χ3n) is 2.50. The molecule has 0 aromatic carbocycles. The first-order valence-electron chi connectivity index (χ1n) is 5.50. The predicted molar refractivity (Wildman–Crippen MR) is 65.8 cm³/mol. The van der Waals surface area contributed by atoms with Crippen LogP contribution in [-0.4, -0.2) is 61.2 Å². The topological polar surface area (TPSA) is 48.8 Å². The largest absolute Gasteiger partial charge is 1.00 e. The zero-order valence-electron chi connectivity index (χ0n) is 11.8. The van der Waals surface area contributed by atoms with Gasteiger partial charge >= 0.3 is 18.9 Å². The number of pyridine rings is 1. The van der Waals surface area contributed by atoms with Crippen LogP contribution in [0.15, 0.2) is 12.3 Å². The molecule has 0 radical (unpaired) electrons. The van der Waals surface area contributed by atoms with Gasteiger partial charge in [-0.05, 0) is 21.1 Å². The van der Waals surface area contributed by atoms with Crippen molar-refractivity contribution in [2.45, 2.75) is 6.23 Å². The molecule has 1 aromatic heterocycles. The molecule has 0 saturated carbocycles. The number of ether oxygens (including phenoxy) is 1. The Morgan fingerprint density at radius 1 is 1.39 bits per heavy atom. The number of hydrogen-bond donors (Lipinski definition) is 1. The summed E-state index contributed by atoms with van der Waals surface area (Å²) in [7, 11) is 7.38. The fourth-order valence-electron chi connectivity index (χ4n) is 1.41. The average molecular weight is 245 g/mol. The summed E-state index contributed by atoms with van der Waals surface area (Å²) < 4.78 is 5.10.